The van der Waals surface area contributed by atoms with Gasteiger partial charge in [0, 0.05) is 34.0 Å². The summed E-state index contributed by atoms with van der Waals surface area (Å²) < 4.78 is 7.02. The first kappa shape index (κ1) is 24.0. The van der Waals surface area contributed by atoms with Crippen LogP contribution in [0.1, 0.15) is 49.2 Å². The highest BCUT2D eigenvalue weighted by Crippen LogP contribution is 2.29. The molecule has 4 aromatic rings. The highest BCUT2D eigenvalue weighted by molar-refractivity contribution is 6.09. The Hall–Kier alpha value is -4.12. The Morgan fingerprint density at radius 3 is 2.26 bits per heavy atom. The fourth-order valence-electron chi connectivity index (χ4n) is 3.95. The molecule has 35 heavy (non-hydrogen) atoms. The van der Waals surface area contributed by atoms with E-state index in [4.69, 9.17) is 4.74 Å². The molecule has 0 aliphatic carbocycles. The number of fused-ring (bicyclic) bond motifs is 1. The standard InChI is InChI=1S/C30H30N2O3/c1-20(28(33)31-24-13-11-23(12-14-24)30(2,3)4)17-22-19-32(29(34)21-9-7-6-8-10-21)27-16-15-25(35-5)18-26(22)27/h6-19H,1-5H3,(H,31,33)/b20-17+. The molecule has 1 heterocycles. The molecule has 0 saturated heterocycles. The number of nitrogens with one attached hydrogen (secondary N) is 1. The lowest BCUT2D eigenvalue weighted by atomic mass is 9.87. The third-order valence-electron chi connectivity index (χ3n) is 6.02. The molecule has 1 N–H and O–H groups in total. The minimum absolute atomic E-state index is 0.0464. The molecule has 0 aliphatic heterocycles. The SMILES string of the molecule is COc1ccc2c(c1)c(/C=C(\C)C(=O)Nc1ccc(C(C)(C)C)cc1)cn2C(=O)c1ccccc1. The van der Waals surface area contributed by atoms with Gasteiger partial charge in [0.25, 0.3) is 11.8 Å². The van der Waals surface area contributed by atoms with Crippen molar-refractivity contribution in [3.8, 4) is 5.75 Å². The van der Waals surface area contributed by atoms with Crippen LogP contribution < -0.4 is 10.1 Å². The van der Waals surface area contributed by atoms with E-state index in [1.807, 2.05) is 60.7 Å². The smallest absolute Gasteiger partial charge is 0.262 e. The normalized spacial score (nSPS) is 12.0. The van der Waals surface area contributed by atoms with Gasteiger partial charge in [0.2, 0.25) is 0 Å². The van der Waals surface area contributed by atoms with E-state index in [0.717, 1.165) is 22.2 Å². The Balaban J connectivity index is 1.67. The van der Waals surface area contributed by atoms with Crippen molar-refractivity contribution in [3.63, 3.8) is 0 Å². The molecule has 1 amide bonds. The van der Waals surface area contributed by atoms with Crippen LogP contribution in [0.15, 0.2) is 84.6 Å². The lowest BCUT2D eigenvalue weighted by Crippen LogP contribution is -2.14. The van der Waals surface area contributed by atoms with E-state index < -0.39 is 0 Å². The van der Waals surface area contributed by atoms with E-state index in [0.29, 0.717) is 16.9 Å². The number of carbonyl (C=O) groups excluding carboxylic acids is 2. The van der Waals surface area contributed by atoms with Crippen molar-refractivity contribution in [1.29, 1.82) is 0 Å². The molecular formula is C30H30N2O3. The van der Waals surface area contributed by atoms with Crippen LogP contribution in [0, 0.1) is 0 Å². The lowest BCUT2D eigenvalue weighted by Gasteiger charge is -2.19. The molecule has 0 atom stereocenters. The average Bonchev–Trinajstić information content (AvgIpc) is 3.21. The summed E-state index contributed by atoms with van der Waals surface area (Å²) in [6.45, 7) is 8.23. The zero-order valence-electron chi connectivity index (χ0n) is 20.8. The van der Waals surface area contributed by atoms with E-state index in [1.165, 1.54) is 5.56 Å². The Bertz CT molecular complexity index is 1410. The Labute approximate surface area is 206 Å². The maximum Gasteiger partial charge on any atom is 0.262 e. The summed E-state index contributed by atoms with van der Waals surface area (Å²) in [4.78, 5) is 26.2. The van der Waals surface area contributed by atoms with E-state index in [1.54, 1.807) is 43.0 Å². The van der Waals surface area contributed by atoms with Gasteiger partial charge in [0.05, 0.1) is 12.6 Å². The molecule has 5 heteroatoms. The number of rotatable bonds is 5. The number of anilines is 1. The molecule has 0 radical (unpaired) electrons. The van der Waals surface area contributed by atoms with Crippen molar-refractivity contribution in [2.24, 2.45) is 0 Å². The third kappa shape index (κ3) is 5.19. The molecule has 5 nitrogen and oxygen atoms in total. The summed E-state index contributed by atoms with van der Waals surface area (Å²) in [6.07, 6.45) is 3.57. The third-order valence-corrected chi connectivity index (χ3v) is 6.02. The second-order valence-corrected chi connectivity index (χ2v) is 9.62. The molecular weight excluding hydrogens is 436 g/mol. The van der Waals surface area contributed by atoms with Crippen LogP contribution in [-0.2, 0) is 10.2 Å². The van der Waals surface area contributed by atoms with Crippen LogP contribution in [0.2, 0.25) is 0 Å². The van der Waals surface area contributed by atoms with Gasteiger partial charge in [0.15, 0.2) is 0 Å². The summed E-state index contributed by atoms with van der Waals surface area (Å²) in [5, 5.41) is 3.79. The van der Waals surface area contributed by atoms with Gasteiger partial charge in [-0.25, -0.2) is 0 Å². The van der Waals surface area contributed by atoms with E-state index in [2.05, 4.69) is 26.1 Å². The predicted molar refractivity (Wildman–Crippen MR) is 142 cm³/mol. The summed E-state index contributed by atoms with van der Waals surface area (Å²) in [5.41, 5.74) is 4.61. The maximum atomic E-state index is 13.2. The van der Waals surface area contributed by atoms with Crippen LogP contribution in [0.25, 0.3) is 17.0 Å². The van der Waals surface area contributed by atoms with Crippen LogP contribution >= 0.6 is 0 Å². The molecule has 0 spiro atoms. The first-order chi connectivity index (χ1) is 16.7. The van der Waals surface area contributed by atoms with Crippen LogP contribution in [0.4, 0.5) is 5.69 Å². The zero-order valence-corrected chi connectivity index (χ0v) is 20.8. The first-order valence-corrected chi connectivity index (χ1v) is 11.6. The van der Waals surface area contributed by atoms with Gasteiger partial charge in [-0.15, -0.1) is 0 Å². The molecule has 3 aromatic carbocycles. The van der Waals surface area contributed by atoms with E-state index in [9.17, 15) is 9.59 Å². The van der Waals surface area contributed by atoms with Crippen molar-refractivity contribution in [3.05, 3.63) is 101 Å². The fraction of sp³-hybridized carbons (Fsp3) is 0.200. The Morgan fingerprint density at radius 1 is 0.943 bits per heavy atom. The van der Waals surface area contributed by atoms with Crippen LogP contribution in [0.3, 0.4) is 0 Å². The summed E-state index contributed by atoms with van der Waals surface area (Å²) in [5.74, 6) is 0.339. The summed E-state index contributed by atoms with van der Waals surface area (Å²) in [6, 6.07) is 22.6. The molecule has 4 rings (SSSR count). The van der Waals surface area contributed by atoms with Gasteiger partial charge in [-0.3, -0.25) is 14.2 Å². The monoisotopic (exact) mass is 466 g/mol. The van der Waals surface area contributed by atoms with Gasteiger partial charge in [-0.2, -0.15) is 0 Å². The molecule has 1 aromatic heterocycles. The number of carbonyl (C=O) groups is 2. The van der Waals surface area contributed by atoms with Crippen molar-refractivity contribution >= 4 is 34.5 Å². The number of ether oxygens (including phenoxy) is 1. The number of hydrogen-bond donors (Lipinski definition) is 1. The largest absolute Gasteiger partial charge is 0.497 e. The number of nitrogens with zero attached hydrogens (tertiary/aromatic N) is 1. The van der Waals surface area contributed by atoms with Crippen LogP contribution in [-0.4, -0.2) is 23.5 Å². The molecule has 0 fully saturated rings. The summed E-state index contributed by atoms with van der Waals surface area (Å²) in [7, 11) is 1.60. The quantitative estimate of drug-likeness (QED) is 0.334. The number of benzene rings is 3. The topological polar surface area (TPSA) is 60.3 Å². The predicted octanol–water partition coefficient (Wildman–Crippen LogP) is 6.68. The van der Waals surface area contributed by atoms with Gasteiger partial charge >= 0.3 is 0 Å². The van der Waals surface area contributed by atoms with Gasteiger partial charge in [-0.1, -0.05) is 51.1 Å². The summed E-state index contributed by atoms with van der Waals surface area (Å²) >= 11 is 0. The number of hydrogen-bond acceptors (Lipinski definition) is 3. The van der Waals surface area contributed by atoms with Gasteiger partial charge in [-0.05, 0) is 66.4 Å². The molecule has 0 unspecified atom stereocenters. The zero-order chi connectivity index (χ0) is 25.2. The first-order valence-electron chi connectivity index (χ1n) is 11.6. The van der Waals surface area contributed by atoms with Crippen molar-refractivity contribution in [2.45, 2.75) is 33.1 Å². The van der Waals surface area contributed by atoms with Crippen LogP contribution in [0.5, 0.6) is 5.75 Å². The minimum Gasteiger partial charge on any atom is -0.497 e. The highest BCUT2D eigenvalue weighted by Gasteiger charge is 2.17. The average molecular weight is 467 g/mol. The number of methoxy groups -OCH3 is 1. The second-order valence-electron chi connectivity index (χ2n) is 9.62. The van der Waals surface area contributed by atoms with E-state index >= 15 is 0 Å². The van der Waals surface area contributed by atoms with E-state index in [-0.39, 0.29) is 17.2 Å². The second kappa shape index (κ2) is 9.63. The molecule has 178 valence electrons. The van der Waals surface area contributed by atoms with Crippen molar-refractivity contribution < 1.29 is 14.3 Å². The minimum atomic E-state index is -0.202. The van der Waals surface area contributed by atoms with Crippen molar-refractivity contribution in [2.75, 3.05) is 12.4 Å². The van der Waals surface area contributed by atoms with Gasteiger partial charge < -0.3 is 10.1 Å². The number of aromatic nitrogens is 1. The van der Waals surface area contributed by atoms with Crippen molar-refractivity contribution in [1.82, 2.24) is 4.57 Å². The Kier molecular flexibility index (Phi) is 6.61. The lowest BCUT2D eigenvalue weighted by molar-refractivity contribution is -0.112. The molecule has 0 aliphatic rings. The molecule has 0 saturated carbocycles. The highest BCUT2D eigenvalue weighted by atomic mass is 16.5. The number of amides is 1. The maximum absolute atomic E-state index is 13.2. The molecule has 0 bridgehead atoms. The van der Waals surface area contributed by atoms with Gasteiger partial charge in [0.1, 0.15) is 5.75 Å². The fourth-order valence-corrected chi connectivity index (χ4v) is 3.95. The Morgan fingerprint density at radius 2 is 1.63 bits per heavy atom.